The van der Waals surface area contributed by atoms with E-state index in [2.05, 4.69) is 10.2 Å². The Labute approximate surface area is 101 Å². The molecule has 1 heterocycles. The zero-order valence-electron chi connectivity index (χ0n) is 10.1. The number of hydrogen-bond donors (Lipinski definition) is 2. The molecule has 3 nitrogen and oxygen atoms in total. The zero-order valence-corrected chi connectivity index (χ0v) is 10.1. The summed E-state index contributed by atoms with van der Waals surface area (Å²) in [6, 6.07) is 7.16. The molecular formula is C13H19FN2O. The molecule has 1 aliphatic heterocycles. The van der Waals surface area contributed by atoms with Crippen molar-refractivity contribution in [3.63, 3.8) is 0 Å². The number of β-amino-alcohol motifs (C(OH)–C–C–N with tert-alkyl or cyclic N) is 1. The van der Waals surface area contributed by atoms with Gasteiger partial charge in [0.2, 0.25) is 0 Å². The van der Waals surface area contributed by atoms with Crippen LogP contribution in [0.2, 0.25) is 0 Å². The molecule has 94 valence electrons. The fourth-order valence-corrected chi connectivity index (χ4v) is 2.30. The van der Waals surface area contributed by atoms with Crippen LogP contribution in [-0.4, -0.2) is 42.3 Å². The fourth-order valence-electron chi connectivity index (χ4n) is 2.30. The summed E-state index contributed by atoms with van der Waals surface area (Å²) >= 11 is 0. The highest BCUT2D eigenvalue weighted by atomic mass is 19.1. The average Bonchev–Trinajstić information content (AvgIpc) is 2.67. The smallest absolute Gasteiger partial charge is 0.127 e. The largest absolute Gasteiger partial charge is 0.392 e. The number of aliphatic hydroxyl groups excluding tert-OH is 1. The van der Waals surface area contributed by atoms with Crippen molar-refractivity contribution < 1.29 is 9.50 Å². The molecule has 0 amide bonds. The molecule has 0 radical (unpaired) electrons. The summed E-state index contributed by atoms with van der Waals surface area (Å²) in [7, 11) is 1.97. The van der Waals surface area contributed by atoms with Gasteiger partial charge in [-0.2, -0.15) is 0 Å². The Morgan fingerprint density at radius 1 is 1.47 bits per heavy atom. The van der Waals surface area contributed by atoms with Gasteiger partial charge in [0.15, 0.2) is 0 Å². The molecule has 1 fully saturated rings. The highest BCUT2D eigenvalue weighted by Gasteiger charge is 2.23. The summed E-state index contributed by atoms with van der Waals surface area (Å²) in [5.41, 5.74) is 0.716. The number of aliphatic hydroxyl groups is 1. The van der Waals surface area contributed by atoms with E-state index >= 15 is 0 Å². The molecule has 1 aliphatic rings. The quantitative estimate of drug-likeness (QED) is 0.821. The van der Waals surface area contributed by atoms with Gasteiger partial charge in [0.05, 0.1) is 6.10 Å². The summed E-state index contributed by atoms with van der Waals surface area (Å²) < 4.78 is 13.4. The van der Waals surface area contributed by atoms with Crippen LogP contribution < -0.4 is 5.32 Å². The van der Waals surface area contributed by atoms with Crippen LogP contribution in [0.25, 0.3) is 0 Å². The van der Waals surface area contributed by atoms with E-state index in [0.29, 0.717) is 24.7 Å². The maximum absolute atomic E-state index is 13.4. The van der Waals surface area contributed by atoms with E-state index in [0.717, 1.165) is 13.0 Å². The summed E-state index contributed by atoms with van der Waals surface area (Å²) in [4.78, 5) is 2.08. The number of nitrogens with zero attached hydrogens (tertiary/aromatic N) is 1. The second-order valence-electron chi connectivity index (χ2n) is 4.78. The van der Waals surface area contributed by atoms with E-state index in [-0.39, 0.29) is 11.9 Å². The van der Waals surface area contributed by atoms with Crippen LogP contribution in [0.4, 0.5) is 4.39 Å². The fraction of sp³-hybridized carbons (Fsp3) is 0.538. The lowest BCUT2D eigenvalue weighted by Crippen LogP contribution is -2.35. The first-order chi connectivity index (χ1) is 8.15. The van der Waals surface area contributed by atoms with Crippen molar-refractivity contribution >= 4 is 0 Å². The molecular weight excluding hydrogens is 219 g/mol. The van der Waals surface area contributed by atoms with Crippen LogP contribution >= 0.6 is 0 Å². The van der Waals surface area contributed by atoms with E-state index in [9.17, 15) is 9.50 Å². The van der Waals surface area contributed by atoms with E-state index in [4.69, 9.17) is 0 Å². The molecule has 2 atom stereocenters. The lowest BCUT2D eigenvalue weighted by molar-refractivity contribution is 0.189. The lowest BCUT2D eigenvalue weighted by atomic mass is 10.1. The van der Waals surface area contributed by atoms with Crippen molar-refractivity contribution in [1.82, 2.24) is 10.2 Å². The highest BCUT2D eigenvalue weighted by molar-refractivity contribution is 5.17. The van der Waals surface area contributed by atoms with Gasteiger partial charge in [0.1, 0.15) is 5.82 Å². The zero-order chi connectivity index (χ0) is 12.3. The Morgan fingerprint density at radius 2 is 2.24 bits per heavy atom. The summed E-state index contributed by atoms with van der Waals surface area (Å²) in [5.74, 6) is -0.154. The van der Waals surface area contributed by atoms with Crippen LogP contribution in [0.5, 0.6) is 0 Å². The van der Waals surface area contributed by atoms with Crippen molar-refractivity contribution in [2.75, 3.05) is 20.1 Å². The van der Waals surface area contributed by atoms with Crippen LogP contribution in [0.15, 0.2) is 24.3 Å². The Bertz CT molecular complexity index is 372. The van der Waals surface area contributed by atoms with Crippen molar-refractivity contribution in [3.05, 3.63) is 35.6 Å². The second-order valence-corrected chi connectivity index (χ2v) is 4.78. The minimum absolute atomic E-state index is 0.154. The van der Waals surface area contributed by atoms with Crippen LogP contribution in [0.1, 0.15) is 12.0 Å². The lowest BCUT2D eigenvalue weighted by Gasteiger charge is -2.21. The first-order valence-electron chi connectivity index (χ1n) is 5.98. The van der Waals surface area contributed by atoms with Gasteiger partial charge in [-0.15, -0.1) is 0 Å². The standard InChI is InChI=1S/C13H19FN2O/c1-16(9-11-6-12(17)7-15-11)8-10-4-2-3-5-13(10)14/h2-5,11-12,15,17H,6-9H2,1H3. The van der Waals surface area contributed by atoms with Gasteiger partial charge in [0, 0.05) is 31.2 Å². The Balaban J connectivity index is 1.85. The molecule has 0 aliphatic carbocycles. The molecule has 0 spiro atoms. The summed E-state index contributed by atoms with van der Waals surface area (Å²) in [5, 5.41) is 12.7. The first-order valence-corrected chi connectivity index (χ1v) is 5.98. The van der Waals surface area contributed by atoms with Gasteiger partial charge < -0.3 is 15.3 Å². The molecule has 0 saturated carbocycles. The first kappa shape index (κ1) is 12.5. The Morgan fingerprint density at radius 3 is 2.88 bits per heavy atom. The average molecular weight is 238 g/mol. The molecule has 17 heavy (non-hydrogen) atoms. The van der Waals surface area contributed by atoms with Gasteiger partial charge in [-0.25, -0.2) is 4.39 Å². The minimum Gasteiger partial charge on any atom is -0.392 e. The molecule has 2 N–H and O–H groups in total. The summed E-state index contributed by atoms with van der Waals surface area (Å²) in [6.07, 6.45) is 0.545. The van der Waals surface area contributed by atoms with Gasteiger partial charge in [-0.3, -0.25) is 0 Å². The van der Waals surface area contributed by atoms with E-state index in [1.165, 1.54) is 6.07 Å². The molecule has 1 aromatic carbocycles. The summed E-state index contributed by atoms with van der Waals surface area (Å²) in [6.45, 7) is 2.09. The number of benzene rings is 1. The van der Waals surface area contributed by atoms with Crippen LogP contribution in [-0.2, 0) is 6.54 Å². The molecule has 2 rings (SSSR count). The normalized spacial score (nSPS) is 24.5. The molecule has 1 aromatic rings. The number of hydrogen-bond acceptors (Lipinski definition) is 3. The molecule has 4 heteroatoms. The molecule has 0 aromatic heterocycles. The maximum Gasteiger partial charge on any atom is 0.127 e. The number of halogens is 1. The predicted molar refractivity (Wildman–Crippen MR) is 65.1 cm³/mol. The van der Waals surface area contributed by atoms with Gasteiger partial charge in [-0.1, -0.05) is 18.2 Å². The topological polar surface area (TPSA) is 35.5 Å². The van der Waals surface area contributed by atoms with Crippen molar-refractivity contribution in [3.8, 4) is 0 Å². The third-order valence-electron chi connectivity index (χ3n) is 3.13. The van der Waals surface area contributed by atoms with Crippen molar-refractivity contribution in [2.24, 2.45) is 0 Å². The third kappa shape index (κ3) is 3.49. The maximum atomic E-state index is 13.4. The predicted octanol–water partition coefficient (Wildman–Crippen LogP) is 0.980. The third-order valence-corrected chi connectivity index (χ3v) is 3.13. The second kappa shape index (κ2) is 5.58. The van der Waals surface area contributed by atoms with Gasteiger partial charge in [0.25, 0.3) is 0 Å². The van der Waals surface area contributed by atoms with Gasteiger partial charge in [-0.05, 0) is 19.5 Å². The minimum atomic E-state index is -0.234. The number of rotatable bonds is 4. The van der Waals surface area contributed by atoms with Crippen molar-refractivity contribution in [2.45, 2.75) is 25.1 Å². The number of likely N-dealkylation sites (N-methyl/N-ethyl adjacent to an activating group) is 1. The Hall–Kier alpha value is -0.970. The molecule has 2 unspecified atom stereocenters. The van der Waals surface area contributed by atoms with Crippen LogP contribution in [0, 0.1) is 5.82 Å². The molecule has 1 saturated heterocycles. The van der Waals surface area contributed by atoms with E-state index in [1.54, 1.807) is 6.07 Å². The number of nitrogens with one attached hydrogen (secondary N) is 1. The van der Waals surface area contributed by atoms with E-state index in [1.807, 2.05) is 19.2 Å². The van der Waals surface area contributed by atoms with Gasteiger partial charge >= 0.3 is 0 Å². The Kier molecular flexibility index (Phi) is 4.10. The van der Waals surface area contributed by atoms with Crippen molar-refractivity contribution in [1.29, 1.82) is 0 Å². The SMILES string of the molecule is CN(Cc1ccccc1F)CC1CC(O)CN1. The molecule has 0 bridgehead atoms. The van der Waals surface area contributed by atoms with Crippen LogP contribution in [0.3, 0.4) is 0 Å². The van der Waals surface area contributed by atoms with E-state index < -0.39 is 0 Å². The monoisotopic (exact) mass is 238 g/mol. The highest BCUT2D eigenvalue weighted by Crippen LogP contribution is 2.11.